The number of aromatic nitrogens is 1. The minimum absolute atomic E-state index is 0.0324. The van der Waals surface area contributed by atoms with E-state index >= 15 is 0 Å². The van der Waals surface area contributed by atoms with E-state index in [2.05, 4.69) is 258 Å². The average Bonchev–Trinajstić information content (AvgIpc) is 3.76. The number of nitrogens with zero attached hydrogens (tertiary/aromatic N) is 2. The summed E-state index contributed by atoms with van der Waals surface area (Å²) in [5, 5.41) is 5.06. The van der Waals surface area contributed by atoms with Gasteiger partial charge in [-0.3, -0.25) is 0 Å². The maximum absolute atomic E-state index is 2.63. The van der Waals surface area contributed by atoms with Crippen molar-refractivity contribution in [2.75, 3.05) is 4.90 Å². The van der Waals surface area contributed by atoms with Gasteiger partial charge in [0, 0.05) is 48.8 Å². The molecule has 3 heterocycles. The van der Waals surface area contributed by atoms with Gasteiger partial charge in [0.05, 0.1) is 16.7 Å². The van der Waals surface area contributed by atoms with Gasteiger partial charge in [0.15, 0.2) is 0 Å². The molecule has 0 saturated carbocycles. The molecule has 11 aromatic carbocycles. The fourth-order valence-corrected chi connectivity index (χ4v) is 12.4. The van der Waals surface area contributed by atoms with E-state index < -0.39 is 0 Å². The predicted molar refractivity (Wildman–Crippen MR) is 290 cm³/mol. The van der Waals surface area contributed by atoms with Crippen LogP contribution in [0, 0.1) is 0 Å². The molecule has 2 aliphatic heterocycles. The summed E-state index contributed by atoms with van der Waals surface area (Å²) in [5.41, 5.74) is 20.6. The van der Waals surface area contributed by atoms with Crippen molar-refractivity contribution in [2.45, 2.75) is 9.79 Å². The summed E-state index contributed by atoms with van der Waals surface area (Å²) in [6, 6.07) is 92.2. The molecule has 0 N–H and O–H groups in total. The number of rotatable bonds is 6. The Kier molecular flexibility index (Phi) is 8.96. The van der Waals surface area contributed by atoms with Crippen molar-refractivity contribution in [3.63, 3.8) is 0 Å². The van der Waals surface area contributed by atoms with Crippen molar-refractivity contribution in [1.82, 2.24) is 4.57 Å². The highest BCUT2D eigenvalue weighted by Crippen LogP contribution is 2.50. The SMILES string of the molecule is c1ccc(-c2ccc3c(c2)B2c4cc(-c5ccccc5)ccc4N(c4c(-c5ccccc5)cccc4-c4ccccc4)c4cc(-n5c6ccccc6c6c7ccccc7ccc65)cc(c42)S3)cc1. The second-order valence-corrected chi connectivity index (χ2v) is 19.1. The molecule has 12 aromatic rings. The standard InChI is InChI=1S/C64H41BN2S/c1-5-18-42(19-6-1)47-33-35-57-54(38-47)65-55-39-48(43-20-7-2-8-21-43)34-37-60(55)68-61-41-49(66-56-31-16-15-28-53(56)62-50-27-14-13-26-46(50)32-36-58(62)66)40-59(63(61)65)67(57)64-51(44-22-9-3-10-23-44)29-17-30-52(64)45-24-11-4-12-25-45/h1-41H. The number of hydrogen-bond donors (Lipinski definition) is 0. The summed E-state index contributed by atoms with van der Waals surface area (Å²) in [6.45, 7) is -0.0324. The molecule has 0 saturated heterocycles. The number of hydrogen-bond acceptors (Lipinski definition) is 2. The lowest BCUT2D eigenvalue weighted by Gasteiger charge is -2.42. The van der Waals surface area contributed by atoms with Crippen LogP contribution in [0.5, 0.6) is 0 Å². The van der Waals surface area contributed by atoms with Gasteiger partial charge in [-0.2, -0.15) is 0 Å². The van der Waals surface area contributed by atoms with Crippen LogP contribution in [0.2, 0.25) is 0 Å². The van der Waals surface area contributed by atoms with Crippen molar-refractivity contribution in [3.8, 4) is 50.2 Å². The van der Waals surface area contributed by atoms with Gasteiger partial charge in [-0.25, -0.2) is 0 Å². The minimum atomic E-state index is -0.0324. The molecule has 14 rings (SSSR count). The third-order valence-corrected chi connectivity index (χ3v) is 15.4. The van der Waals surface area contributed by atoms with Gasteiger partial charge >= 0.3 is 0 Å². The van der Waals surface area contributed by atoms with E-state index in [1.807, 2.05) is 11.8 Å². The van der Waals surface area contributed by atoms with Gasteiger partial charge in [0.2, 0.25) is 6.71 Å². The topological polar surface area (TPSA) is 8.17 Å². The van der Waals surface area contributed by atoms with Crippen molar-refractivity contribution in [1.29, 1.82) is 0 Å². The van der Waals surface area contributed by atoms with Gasteiger partial charge < -0.3 is 9.47 Å². The van der Waals surface area contributed by atoms with Crippen LogP contribution >= 0.6 is 11.8 Å². The van der Waals surface area contributed by atoms with E-state index in [1.165, 1.54) is 120 Å². The monoisotopic (exact) mass is 880 g/mol. The summed E-state index contributed by atoms with van der Waals surface area (Å²) in [7, 11) is 0. The highest BCUT2D eigenvalue weighted by molar-refractivity contribution is 8.00. The van der Waals surface area contributed by atoms with Crippen molar-refractivity contribution in [2.24, 2.45) is 0 Å². The third kappa shape index (κ3) is 6.08. The fraction of sp³-hybridized carbons (Fsp3) is 0. The van der Waals surface area contributed by atoms with E-state index in [-0.39, 0.29) is 6.71 Å². The van der Waals surface area contributed by atoms with E-state index in [1.54, 1.807) is 0 Å². The molecule has 1 aromatic heterocycles. The zero-order valence-electron chi connectivity index (χ0n) is 37.1. The molecule has 68 heavy (non-hydrogen) atoms. The molecule has 2 aliphatic rings. The Morgan fingerprint density at radius 3 is 1.60 bits per heavy atom. The molecule has 2 nitrogen and oxygen atoms in total. The number of anilines is 3. The van der Waals surface area contributed by atoms with Crippen molar-refractivity contribution in [3.05, 3.63) is 249 Å². The maximum atomic E-state index is 2.63. The fourth-order valence-electron chi connectivity index (χ4n) is 11.2. The van der Waals surface area contributed by atoms with Crippen LogP contribution in [0.15, 0.2) is 259 Å². The summed E-state index contributed by atoms with van der Waals surface area (Å²) in [4.78, 5) is 5.19. The molecular formula is C64H41BN2S. The Hall–Kier alpha value is -8.31. The van der Waals surface area contributed by atoms with Crippen LogP contribution in [0.3, 0.4) is 0 Å². The third-order valence-electron chi connectivity index (χ3n) is 14.2. The normalized spacial score (nSPS) is 12.6. The number of para-hydroxylation sites is 2. The van der Waals surface area contributed by atoms with Gasteiger partial charge in [-0.15, -0.1) is 0 Å². The van der Waals surface area contributed by atoms with Crippen molar-refractivity contribution < 1.29 is 0 Å². The maximum Gasteiger partial charge on any atom is 0.249 e. The number of fused-ring (bicyclic) bond motifs is 9. The lowest BCUT2D eigenvalue weighted by atomic mass is 9.34. The molecule has 0 unspecified atom stereocenters. The Labute approximate surface area is 400 Å². The second kappa shape index (κ2) is 15.7. The van der Waals surface area contributed by atoms with Crippen molar-refractivity contribution >= 4 is 84.5 Å². The van der Waals surface area contributed by atoms with Crippen LogP contribution in [0.25, 0.3) is 82.8 Å². The lowest BCUT2D eigenvalue weighted by molar-refractivity contribution is 1.15. The molecule has 4 heteroatoms. The molecule has 0 spiro atoms. The number of benzene rings is 11. The predicted octanol–water partition coefficient (Wildman–Crippen LogP) is 15.4. The smallest absolute Gasteiger partial charge is 0.249 e. The van der Waals surface area contributed by atoms with Crippen LogP contribution < -0.4 is 21.3 Å². The van der Waals surface area contributed by atoms with Crippen LogP contribution in [0.1, 0.15) is 0 Å². The molecule has 0 radical (unpaired) electrons. The second-order valence-electron chi connectivity index (χ2n) is 18.0. The highest BCUT2D eigenvalue weighted by Gasteiger charge is 2.43. The average molecular weight is 881 g/mol. The Morgan fingerprint density at radius 1 is 0.353 bits per heavy atom. The first-order chi connectivity index (χ1) is 33.7. The Balaban J connectivity index is 1.12. The summed E-state index contributed by atoms with van der Waals surface area (Å²) in [6.07, 6.45) is 0. The van der Waals surface area contributed by atoms with Crippen LogP contribution in [-0.4, -0.2) is 11.3 Å². The quantitative estimate of drug-likeness (QED) is 0.154. The molecule has 316 valence electrons. The first kappa shape index (κ1) is 38.9. The molecule has 0 bridgehead atoms. The van der Waals surface area contributed by atoms with E-state index in [9.17, 15) is 0 Å². The lowest BCUT2D eigenvalue weighted by Crippen LogP contribution is -2.60. The molecule has 0 atom stereocenters. The summed E-state index contributed by atoms with van der Waals surface area (Å²) < 4.78 is 2.52. The molecule has 0 amide bonds. The molecule has 0 fully saturated rings. The molecule has 0 aliphatic carbocycles. The van der Waals surface area contributed by atoms with Crippen LogP contribution in [-0.2, 0) is 0 Å². The summed E-state index contributed by atoms with van der Waals surface area (Å²) in [5.74, 6) is 0. The van der Waals surface area contributed by atoms with E-state index in [4.69, 9.17) is 0 Å². The van der Waals surface area contributed by atoms with Gasteiger partial charge in [0.1, 0.15) is 0 Å². The highest BCUT2D eigenvalue weighted by atomic mass is 32.2. The zero-order chi connectivity index (χ0) is 44.7. The van der Waals surface area contributed by atoms with E-state index in [0.717, 1.165) is 5.69 Å². The Bertz CT molecular complexity index is 3880. The van der Waals surface area contributed by atoms with Gasteiger partial charge in [0.25, 0.3) is 0 Å². The van der Waals surface area contributed by atoms with E-state index in [0.29, 0.717) is 0 Å². The van der Waals surface area contributed by atoms with Crippen LogP contribution in [0.4, 0.5) is 17.1 Å². The summed E-state index contributed by atoms with van der Waals surface area (Å²) >= 11 is 1.91. The first-order valence-electron chi connectivity index (χ1n) is 23.4. The Morgan fingerprint density at radius 2 is 0.926 bits per heavy atom. The van der Waals surface area contributed by atoms with Gasteiger partial charge in [-0.1, -0.05) is 230 Å². The zero-order valence-corrected chi connectivity index (χ0v) is 37.9. The minimum Gasteiger partial charge on any atom is -0.310 e. The van der Waals surface area contributed by atoms with Gasteiger partial charge in [-0.05, 0) is 91.5 Å². The first-order valence-corrected chi connectivity index (χ1v) is 24.3. The largest absolute Gasteiger partial charge is 0.310 e. The molecular weight excluding hydrogens is 840 g/mol.